The molecular formula is C26H31FN4. The molecule has 4 nitrogen and oxygen atoms in total. The van der Waals surface area contributed by atoms with E-state index in [4.69, 9.17) is 0 Å². The Labute approximate surface area is 184 Å². The molecule has 0 fully saturated rings. The lowest BCUT2D eigenvalue weighted by Gasteiger charge is -2.15. The molecule has 5 heteroatoms. The highest BCUT2D eigenvalue weighted by molar-refractivity contribution is 5.82. The normalized spacial score (nSPS) is 13.4. The van der Waals surface area contributed by atoms with Crippen LogP contribution in [0.2, 0.25) is 0 Å². The number of fused-ring (bicyclic) bond motifs is 5. The Morgan fingerprint density at radius 2 is 2.00 bits per heavy atom. The molecular weight excluding hydrogens is 387 g/mol. The van der Waals surface area contributed by atoms with Crippen molar-refractivity contribution in [2.24, 2.45) is 0 Å². The monoisotopic (exact) mass is 418 g/mol. The highest BCUT2D eigenvalue weighted by Crippen LogP contribution is 2.28. The maximum atomic E-state index is 14.7. The molecule has 0 spiro atoms. The summed E-state index contributed by atoms with van der Waals surface area (Å²) in [5, 5.41) is 12.0. The zero-order valence-corrected chi connectivity index (χ0v) is 18.6. The first-order chi connectivity index (χ1) is 15.0. The van der Waals surface area contributed by atoms with Crippen LogP contribution in [0.5, 0.6) is 0 Å². The second kappa shape index (κ2) is 10.7. The number of anilines is 1. The predicted octanol–water partition coefficient (Wildman–Crippen LogP) is 6.40. The zero-order chi connectivity index (χ0) is 22.2. The molecule has 0 saturated heterocycles. The van der Waals surface area contributed by atoms with Crippen LogP contribution in [0.25, 0.3) is 5.57 Å². The molecule has 0 saturated carbocycles. The van der Waals surface area contributed by atoms with E-state index >= 15 is 0 Å². The summed E-state index contributed by atoms with van der Waals surface area (Å²) in [6.07, 6.45) is 13.2. The summed E-state index contributed by atoms with van der Waals surface area (Å²) >= 11 is 0. The van der Waals surface area contributed by atoms with E-state index in [0.29, 0.717) is 17.9 Å². The number of nitrogens with one attached hydrogen (secondary N) is 2. The molecule has 0 amide bonds. The Morgan fingerprint density at radius 3 is 2.77 bits per heavy atom. The number of hydrogen-bond acceptors (Lipinski definition) is 3. The molecule has 2 heterocycles. The van der Waals surface area contributed by atoms with Gasteiger partial charge in [-0.25, -0.2) is 4.39 Å². The molecule has 4 bridgehead atoms. The van der Waals surface area contributed by atoms with Crippen LogP contribution in [-0.4, -0.2) is 15.2 Å². The van der Waals surface area contributed by atoms with Crippen LogP contribution in [0.3, 0.4) is 0 Å². The van der Waals surface area contributed by atoms with E-state index in [2.05, 4.69) is 47.0 Å². The van der Waals surface area contributed by atoms with Gasteiger partial charge < -0.3 is 10.3 Å². The lowest BCUT2D eigenvalue weighted by atomic mass is 9.96. The third-order valence-electron chi connectivity index (χ3n) is 5.62. The van der Waals surface area contributed by atoms with Crippen molar-refractivity contribution in [3.8, 4) is 0 Å². The Balaban J connectivity index is 2.24. The molecule has 162 valence electrons. The van der Waals surface area contributed by atoms with Gasteiger partial charge in [-0.3, -0.25) is 0 Å². The molecule has 0 aliphatic carbocycles. The number of aromatic nitrogens is 3. The Hall–Kier alpha value is -3.21. The lowest BCUT2D eigenvalue weighted by molar-refractivity contribution is 0.608. The zero-order valence-electron chi connectivity index (χ0n) is 18.6. The van der Waals surface area contributed by atoms with Gasteiger partial charge in [-0.2, -0.15) is 0 Å². The quantitative estimate of drug-likeness (QED) is 0.567. The van der Waals surface area contributed by atoms with Gasteiger partial charge in [0, 0.05) is 23.9 Å². The van der Waals surface area contributed by atoms with Gasteiger partial charge in [0.1, 0.15) is 12.1 Å². The molecule has 0 atom stereocenters. The number of H-pyrrole nitrogens is 1. The molecule has 1 aromatic heterocycles. The molecule has 1 aliphatic rings. The summed E-state index contributed by atoms with van der Waals surface area (Å²) in [4.78, 5) is 3.11. The van der Waals surface area contributed by atoms with Crippen LogP contribution in [0.1, 0.15) is 54.5 Å². The van der Waals surface area contributed by atoms with Crippen LogP contribution < -0.4 is 5.32 Å². The highest BCUT2D eigenvalue weighted by atomic mass is 19.1. The van der Waals surface area contributed by atoms with Crippen molar-refractivity contribution in [3.05, 3.63) is 94.7 Å². The van der Waals surface area contributed by atoms with Crippen molar-refractivity contribution < 1.29 is 4.39 Å². The van der Waals surface area contributed by atoms with Crippen molar-refractivity contribution in [1.29, 1.82) is 0 Å². The van der Waals surface area contributed by atoms with E-state index in [9.17, 15) is 4.39 Å². The Kier molecular flexibility index (Phi) is 7.76. The first kappa shape index (κ1) is 22.5. The molecule has 1 aliphatic heterocycles. The molecule has 3 rings (SSSR count). The fraction of sp³-hybridized carbons (Fsp3) is 0.308. The summed E-state index contributed by atoms with van der Waals surface area (Å²) in [6.45, 7) is 10.3. The average Bonchev–Trinajstić information content (AvgIpc) is 2.83. The van der Waals surface area contributed by atoms with Gasteiger partial charge in [0.2, 0.25) is 0 Å². The molecule has 2 aromatic rings. The summed E-state index contributed by atoms with van der Waals surface area (Å²) in [5.74, 6) is 0.414. The van der Waals surface area contributed by atoms with Crippen molar-refractivity contribution in [2.45, 2.75) is 53.0 Å². The average molecular weight is 419 g/mol. The van der Waals surface area contributed by atoms with Gasteiger partial charge in [-0.1, -0.05) is 36.4 Å². The minimum atomic E-state index is -0.197. The third-order valence-corrected chi connectivity index (χ3v) is 5.62. The predicted molar refractivity (Wildman–Crippen MR) is 127 cm³/mol. The summed E-state index contributed by atoms with van der Waals surface area (Å²) in [5.41, 5.74) is 7.17. The van der Waals surface area contributed by atoms with E-state index < -0.39 is 0 Å². The fourth-order valence-electron chi connectivity index (χ4n) is 3.86. The van der Waals surface area contributed by atoms with Gasteiger partial charge in [0.25, 0.3) is 0 Å². The second-order valence-corrected chi connectivity index (χ2v) is 8.02. The summed E-state index contributed by atoms with van der Waals surface area (Å²) in [7, 11) is 0. The van der Waals surface area contributed by atoms with Gasteiger partial charge >= 0.3 is 0 Å². The van der Waals surface area contributed by atoms with E-state index in [-0.39, 0.29) is 5.82 Å². The van der Waals surface area contributed by atoms with Crippen molar-refractivity contribution in [1.82, 2.24) is 15.2 Å². The number of halogens is 1. The number of benzene rings is 1. The van der Waals surface area contributed by atoms with Crippen molar-refractivity contribution in [3.63, 3.8) is 0 Å². The number of aromatic amines is 1. The van der Waals surface area contributed by atoms with Crippen LogP contribution in [-0.2, 0) is 19.4 Å². The van der Waals surface area contributed by atoms with Crippen LogP contribution in [0.15, 0.2) is 61.1 Å². The van der Waals surface area contributed by atoms with Gasteiger partial charge in [0.05, 0.1) is 0 Å². The summed E-state index contributed by atoms with van der Waals surface area (Å²) in [6, 6.07) is 5.65. The number of nitrogens with zero attached hydrogens (tertiary/aromatic N) is 2. The molecule has 0 radical (unpaired) electrons. The van der Waals surface area contributed by atoms with Crippen molar-refractivity contribution in [2.75, 3.05) is 5.32 Å². The number of aryl methyl sites for hydroxylation is 2. The molecule has 1 aromatic carbocycles. The number of hydrogen-bond donors (Lipinski definition) is 2. The Morgan fingerprint density at radius 1 is 1.19 bits per heavy atom. The minimum absolute atomic E-state index is 0.197. The van der Waals surface area contributed by atoms with E-state index in [1.165, 1.54) is 5.56 Å². The largest absolute Gasteiger partial charge is 0.364 e. The maximum Gasteiger partial charge on any atom is 0.156 e. The number of rotatable bonds is 3. The number of allylic oxidation sites excluding steroid dienone is 5. The second-order valence-electron chi connectivity index (χ2n) is 8.02. The SMILES string of the molecule is C=C/C=C\C(=C(C)C)c1cc2c[nH]cnnc1NCc1c(F)ccc(c1C)CCCC2. The molecule has 0 unspecified atom stereocenters. The van der Waals surface area contributed by atoms with Gasteiger partial charge in [-0.05, 0) is 80.9 Å². The fourth-order valence-corrected chi connectivity index (χ4v) is 3.86. The minimum Gasteiger partial charge on any atom is -0.364 e. The Bertz CT molecular complexity index is 1060. The third kappa shape index (κ3) is 5.69. The van der Waals surface area contributed by atoms with Gasteiger partial charge in [0.15, 0.2) is 5.82 Å². The smallest absolute Gasteiger partial charge is 0.156 e. The van der Waals surface area contributed by atoms with Crippen molar-refractivity contribution >= 4 is 11.4 Å². The van der Waals surface area contributed by atoms with Crippen LogP contribution in [0.4, 0.5) is 10.2 Å². The lowest BCUT2D eigenvalue weighted by Crippen LogP contribution is -2.09. The van der Waals surface area contributed by atoms with Gasteiger partial charge in [-0.15, -0.1) is 10.2 Å². The van der Waals surface area contributed by atoms with Crippen LogP contribution >= 0.6 is 0 Å². The van der Waals surface area contributed by atoms with E-state index in [0.717, 1.165) is 53.5 Å². The highest BCUT2D eigenvalue weighted by Gasteiger charge is 2.14. The topological polar surface area (TPSA) is 53.6 Å². The summed E-state index contributed by atoms with van der Waals surface area (Å²) < 4.78 is 14.7. The van der Waals surface area contributed by atoms with Crippen LogP contribution in [0, 0.1) is 12.7 Å². The standard InChI is InChI=1S/C26H31FN4/c1-5-6-11-22(18(2)3)23-14-20-9-7-8-10-21-12-13-25(27)24(19(21)4)16-29-26(23)31-30-17-28-15-20/h5-6,11-15,17H,1,7-10,16H2,2-4H3,(H,28,30)(H,29,31)/b11-6-,20-15?,23-14?. The maximum absolute atomic E-state index is 14.7. The van der Waals surface area contributed by atoms with E-state index in [1.54, 1.807) is 18.5 Å². The van der Waals surface area contributed by atoms with E-state index in [1.807, 2.05) is 31.3 Å². The first-order valence-corrected chi connectivity index (χ1v) is 10.8. The first-order valence-electron chi connectivity index (χ1n) is 10.8. The molecule has 31 heavy (non-hydrogen) atoms. The molecule has 2 N–H and O–H groups in total.